The number of halogens is 3. The third-order valence-corrected chi connectivity index (χ3v) is 2.69. The van der Waals surface area contributed by atoms with E-state index in [4.69, 9.17) is 0 Å². The second-order valence-electron chi connectivity index (χ2n) is 3.32. The van der Waals surface area contributed by atoms with Crippen molar-refractivity contribution in [1.29, 1.82) is 0 Å². The molecule has 88 valence electrons. The van der Waals surface area contributed by atoms with E-state index in [0.717, 1.165) is 12.1 Å². The van der Waals surface area contributed by atoms with E-state index >= 15 is 0 Å². The van der Waals surface area contributed by atoms with E-state index in [0.29, 0.717) is 22.4 Å². The summed E-state index contributed by atoms with van der Waals surface area (Å²) in [7, 11) is 0. The molecule has 0 bridgehead atoms. The van der Waals surface area contributed by atoms with Crippen LogP contribution in [0.1, 0.15) is 5.56 Å². The lowest BCUT2D eigenvalue weighted by Gasteiger charge is -2.07. The van der Waals surface area contributed by atoms with Crippen LogP contribution in [0.2, 0.25) is 0 Å². The molecule has 0 saturated carbocycles. The number of benzene rings is 1. The van der Waals surface area contributed by atoms with Gasteiger partial charge in [0.15, 0.2) is 11.6 Å². The molecule has 1 aromatic carbocycles. The first kappa shape index (κ1) is 11.9. The summed E-state index contributed by atoms with van der Waals surface area (Å²) < 4.78 is 26.4. The molecule has 0 aliphatic heterocycles. The Balaban J connectivity index is 2.08. The molecule has 2 rings (SSSR count). The molecular formula is C11H8BrF2N3. The van der Waals surface area contributed by atoms with E-state index in [1.807, 2.05) is 0 Å². The van der Waals surface area contributed by atoms with Crippen LogP contribution in [0.5, 0.6) is 0 Å². The van der Waals surface area contributed by atoms with Crippen LogP contribution in [0.3, 0.4) is 0 Å². The molecule has 1 N–H and O–H groups in total. The van der Waals surface area contributed by atoms with Crippen LogP contribution in [0.25, 0.3) is 0 Å². The molecule has 0 spiro atoms. The molecule has 1 heterocycles. The van der Waals surface area contributed by atoms with Crippen LogP contribution < -0.4 is 5.32 Å². The zero-order valence-electron chi connectivity index (χ0n) is 8.62. The molecule has 0 radical (unpaired) electrons. The molecule has 0 atom stereocenters. The Labute approximate surface area is 105 Å². The molecule has 0 fully saturated rings. The minimum Gasteiger partial charge on any atom is -0.365 e. The van der Waals surface area contributed by atoms with Gasteiger partial charge >= 0.3 is 0 Å². The Morgan fingerprint density at radius 3 is 2.76 bits per heavy atom. The van der Waals surface area contributed by atoms with Crippen molar-refractivity contribution in [2.45, 2.75) is 6.54 Å². The van der Waals surface area contributed by atoms with Crippen molar-refractivity contribution >= 4 is 21.7 Å². The fourth-order valence-corrected chi connectivity index (χ4v) is 1.64. The number of nitrogens with zero attached hydrogens (tertiary/aromatic N) is 2. The van der Waals surface area contributed by atoms with E-state index in [1.165, 1.54) is 12.4 Å². The van der Waals surface area contributed by atoms with Gasteiger partial charge in [-0.25, -0.2) is 18.7 Å². The lowest BCUT2D eigenvalue weighted by molar-refractivity contribution is 0.507. The topological polar surface area (TPSA) is 37.8 Å². The first-order valence-electron chi connectivity index (χ1n) is 4.80. The van der Waals surface area contributed by atoms with Gasteiger partial charge in [-0.1, -0.05) is 6.07 Å². The summed E-state index contributed by atoms with van der Waals surface area (Å²) >= 11 is 3.27. The number of hydrogen-bond donors (Lipinski definition) is 1. The molecule has 0 aliphatic carbocycles. The van der Waals surface area contributed by atoms with Gasteiger partial charge in [-0.05, 0) is 33.6 Å². The van der Waals surface area contributed by atoms with Crippen LogP contribution in [-0.4, -0.2) is 9.97 Å². The van der Waals surface area contributed by atoms with Crippen molar-refractivity contribution < 1.29 is 8.78 Å². The maximum atomic E-state index is 12.9. The summed E-state index contributed by atoms with van der Waals surface area (Å²) in [5.41, 5.74) is 0.634. The van der Waals surface area contributed by atoms with Gasteiger partial charge in [0.1, 0.15) is 12.1 Å². The summed E-state index contributed by atoms with van der Waals surface area (Å²) in [5.74, 6) is -1.10. The second-order valence-corrected chi connectivity index (χ2v) is 4.18. The first-order valence-corrected chi connectivity index (χ1v) is 5.59. The summed E-state index contributed by atoms with van der Waals surface area (Å²) in [4.78, 5) is 7.81. The predicted molar refractivity (Wildman–Crippen MR) is 63.4 cm³/mol. The number of aromatic nitrogens is 2. The van der Waals surface area contributed by atoms with Crippen molar-refractivity contribution in [3.8, 4) is 0 Å². The largest absolute Gasteiger partial charge is 0.365 e. The predicted octanol–water partition coefficient (Wildman–Crippen LogP) is 3.13. The zero-order chi connectivity index (χ0) is 12.3. The highest BCUT2D eigenvalue weighted by atomic mass is 79.9. The average Bonchev–Trinajstić information content (AvgIpc) is 2.32. The highest BCUT2D eigenvalue weighted by molar-refractivity contribution is 9.10. The molecule has 6 heteroatoms. The Morgan fingerprint density at radius 2 is 2.06 bits per heavy atom. The summed E-state index contributed by atoms with van der Waals surface area (Å²) in [6.45, 7) is 0.354. The van der Waals surface area contributed by atoms with Gasteiger partial charge in [-0.3, -0.25) is 0 Å². The maximum absolute atomic E-state index is 12.9. The normalized spacial score (nSPS) is 10.3. The minimum atomic E-state index is -0.856. The van der Waals surface area contributed by atoms with E-state index in [-0.39, 0.29) is 0 Å². The van der Waals surface area contributed by atoms with Gasteiger partial charge in [-0.2, -0.15) is 0 Å². The summed E-state index contributed by atoms with van der Waals surface area (Å²) in [6, 6.07) is 3.76. The van der Waals surface area contributed by atoms with Crippen molar-refractivity contribution in [3.63, 3.8) is 0 Å². The van der Waals surface area contributed by atoms with E-state index in [1.54, 1.807) is 6.20 Å². The maximum Gasteiger partial charge on any atom is 0.159 e. The molecular weight excluding hydrogens is 292 g/mol. The summed E-state index contributed by atoms with van der Waals surface area (Å²) in [6.07, 6.45) is 3.00. The van der Waals surface area contributed by atoms with Crippen LogP contribution in [0.4, 0.5) is 14.6 Å². The van der Waals surface area contributed by atoms with Gasteiger partial charge in [0.25, 0.3) is 0 Å². The molecule has 0 amide bonds. The highest BCUT2D eigenvalue weighted by Crippen LogP contribution is 2.18. The average molecular weight is 300 g/mol. The van der Waals surface area contributed by atoms with E-state index in [9.17, 15) is 8.78 Å². The molecule has 3 nitrogen and oxygen atoms in total. The van der Waals surface area contributed by atoms with E-state index < -0.39 is 11.6 Å². The Morgan fingerprint density at radius 1 is 1.24 bits per heavy atom. The molecule has 0 unspecified atom stereocenters. The highest BCUT2D eigenvalue weighted by Gasteiger charge is 2.04. The number of nitrogens with one attached hydrogen (secondary N) is 1. The van der Waals surface area contributed by atoms with Crippen LogP contribution >= 0.6 is 15.9 Å². The lowest BCUT2D eigenvalue weighted by Crippen LogP contribution is -2.03. The molecule has 1 aromatic heterocycles. The van der Waals surface area contributed by atoms with Gasteiger partial charge in [0.2, 0.25) is 0 Å². The smallest absolute Gasteiger partial charge is 0.159 e. The van der Waals surface area contributed by atoms with E-state index in [2.05, 4.69) is 31.2 Å². The second kappa shape index (κ2) is 5.18. The lowest BCUT2D eigenvalue weighted by atomic mass is 10.2. The molecule has 0 saturated heterocycles. The molecule has 0 aliphatic rings. The van der Waals surface area contributed by atoms with Gasteiger partial charge < -0.3 is 5.32 Å². The quantitative estimate of drug-likeness (QED) is 0.946. The number of rotatable bonds is 3. The Bertz CT molecular complexity index is 534. The third-order valence-electron chi connectivity index (χ3n) is 2.11. The SMILES string of the molecule is Fc1ccc(CNc2ncncc2Br)cc1F. The monoisotopic (exact) mass is 299 g/mol. The Kier molecular flexibility index (Phi) is 3.63. The summed E-state index contributed by atoms with van der Waals surface area (Å²) in [5, 5.41) is 2.99. The van der Waals surface area contributed by atoms with Crippen molar-refractivity contribution in [3.05, 3.63) is 52.4 Å². The van der Waals surface area contributed by atoms with Crippen molar-refractivity contribution in [2.75, 3.05) is 5.32 Å². The number of anilines is 1. The van der Waals surface area contributed by atoms with Crippen LogP contribution in [0.15, 0.2) is 35.2 Å². The van der Waals surface area contributed by atoms with Gasteiger partial charge in [-0.15, -0.1) is 0 Å². The third kappa shape index (κ3) is 2.97. The standard InChI is InChI=1S/C11H8BrF2N3/c12-8-5-15-6-17-11(8)16-4-7-1-2-9(13)10(14)3-7/h1-3,5-6H,4H2,(H,15,16,17). The molecule has 17 heavy (non-hydrogen) atoms. The zero-order valence-corrected chi connectivity index (χ0v) is 10.2. The minimum absolute atomic E-state index is 0.354. The van der Waals surface area contributed by atoms with Crippen molar-refractivity contribution in [2.24, 2.45) is 0 Å². The first-order chi connectivity index (χ1) is 8.16. The van der Waals surface area contributed by atoms with Crippen LogP contribution in [0, 0.1) is 11.6 Å². The van der Waals surface area contributed by atoms with Gasteiger partial charge in [0, 0.05) is 12.7 Å². The number of hydrogen-bond acceptors (Lipinski definition) is 3. The Hall–Kier alpha value is -1.56. The fraction of sp³-hybridized carbons (Fsp3) is 0.0909. The molecule has 2 aromatic rings. The van der Waals surface area contributed by atoms with Gasteiger partial charge in [0.05, 0.1) is 4.47 Å². The fourth-order valence-electron chi connectivity index (χ4n) is 1.28. The van der Waals surface area contributed by atoms with Crippen molar-refractivity contribution in [1.82, 2.24) is 9.97 Å². The van der Waals surface area contributed by atoms with Crippen LogP contribution in [-0.2, 0) is 6.54 Å².